The molecule has 1 saturated heterocycles. The smallest absolute Gasteiger partial charge is 0.0595 e. The summed E-state index contributed by atoms with van der Waals surface area (Å²) in [6.45, 7) is 8.88. The third-order valence-electron chi connectivity index (χ3n) is 3.94. The van der Waals surface area contributed by atoms with Gasteiger partial charge in [-0.15, -0.1) is 0 Å². The Bertz CT molecular complexity index is 436. The molecule has 0 radical (unpaired) electrons. The molecule has 1 aliphatic heterocycles. The Balaban J connectivity index is 2.33. The van der Waals surface area contributed by atoms with Crippen molar-refractivity contribution in [2.75, 3.05) is 18.0 Å². The van der Waals surface area contributed by atoms with Gasteiger partial charge in [-0.2, -0.15) is 0 Å². The first-order chi connectivity index (χ1) is 9.04. The van der Waals surface area contributed by atoms with E-state index in [0.717, 1.165) is 29.0 Å². The second-order valence-electron chi connectivity index (χ2n) is 5.55. The Morgan fingerprint density at radius 1 is 1.47 bits per heavy atom. The molecule has 1 aromatic rings. The maximum absolute atomic E-state index is 6.24. The maximum Gasteiger partial charge on any atom is 0.0595 e. The fourth-order valence-electron chi connectivity index (χ4n) is 2.70. The van der Waals surface area contributed by atoms with Crippen LogP contribution in [0.2, 0.25) is 5.02 Å². The van der Waals surface area contributed by atoms with Crippen LogP contribution in [-0.4, -0.2) is 25.2 Å². The number of nitrogens with one attached hydrogen (secondary N) is 1. The molecule has 2 atom stereocenters. The highest BCUT2D eigenvalue weighted by Crippen LogP contribution is 2.35. The van der Waals surface area contributed by atoms with Crippen LogP contribution in [0.15, 0.2) is 22.7 Å². The zero-order valence-electron chi connectivity index (χ0n) is 11.8. The maximum atomic E-state index is 6.24. The fraction of sp³-hybridized carbons (Fsp3) is 0.600. The second kappa shape index (κ2) is 6.47. The van der Waals surface area contributed by atoms with Crippen molar-refractivity contribution in [3.63, 3.8) is 0 Å². The first kappa shape index (κ1) is 15.1. The normalized spacial score (nSPS) is 24.0. The lowest BCUT2D eigenvalue weighted by Gasteiger charge is -2.44. The first-order valence-corrected chi connectivity index (χ1v) is 8.15. The van der Waals surface area contributed by atoms with Crippen molar-refractivity contribution < 1.29 is 0 Å². The summed E-state index contributed by atoms with van der Waals surface area (Å²) in [7, 11) is 0. The third kappa shape index (κ3) is 3.26. The molecule has 0 aliphatic carbocycles. The summed E-state index contributed by atoms with van der Waals surface area (Å²) < 4.78 is 1.01. The molecule has 0 saturated carbocycles. The fourth-order valence-corrected chi connectivity index (χ4v) is 3.36. The van der Waals surface area contributed by atoms with Gasteiger partial charge >= 0.3 is 0 Å². The van der Waals surface area contributed by atoms with E-state index in [1.807, 2.05) is 12.1 Å². The van der Waals surface area contributed by atoms with Crippen molar-refractivity contribution in [3.05, 3.63) is 27.7 Å². The number of halogens is 2. The molecule has 2 rings (SSSR count). The molecule has 2 unspecified atom stereocenters. The van der Waals surface area contributed by atoms with Gasteiger partial charge in [0.05, 0.1) is 15.2 Å². The average molecular weight is 346 g/mol. The van der Waals surface area contributed by atoms with Gasteiger partial charge in [-0.05, 0) is 40.4 Å². The highest BCUT2D eigenvalue weighted by molar-refractivity contribution is 9.10. The van der Waals surface area contributed by atoms with Crippen molar-refractivity contribution in [1.29, 1.82) is 0 Å². The average Bonchev–Trinajstić information content (AvgIpc) is 2.41. The predicted molar refractivity (Wildman–Crippen MR) is 87.2 cm³/mol. The van der Waals surface area contributed by atoms with Crippen LogP contribution < -0.4 is 10.2 Å². The van der Waals surface area contributed by atoms with Crippen molar-refractivity contribution >= 4 is 33.2 Å². The zero-order chi connectivity index (χ0) is 14.0. The minimum Gasteiger partial charge on any atom is -0.364 e. The molecule has 19 heavy (non-hydrogen) atoms. The van der Waals surface area contributed by atoms with Gasteiger partial charge in [0.15, 0.2) is 0 Å². The number of piperazine rings is 1. The minimum atomic E-state index is 0.512. The number of anilines is 1. The van der Waals surface area contributed by atoms with Crippen LogP contribution >= 0.6 is 27.5 Å². The van der Waals surface area contributed by atoms with E-state index in [-0.39, 0.29) is 0 Å². The number of hydrogen-bond acceptors (Lipinski definition) is 2. The van der Waals surface area contributed by atoms with Crippen LogP contribution in [0.4, 0.5) is 5.69 Å². The van der Waals surface area contributed by atoms with Gasteiger partial charge in [-0.3, -0.25) is 0 Å². The van der Waals surface area contributed by atoms with Crippen LogP contribution in [-0.2, 0) is 0 Å². The summed E-state index contributed by atoms with van der Waals surface area (Å²) in [5, 5.41) is 4.43. The van der Waals surface area contributed by atoms with E-state index in [0.29, 0.717) is 18.0 Å². The molecule has 2 nitrogen and oxygen atoms in total. The predicted octanol–water partition coefficient (Wildman–Crippen LogP) is 4.32. The Morgan fingerprint density at radius 3 is 2.84 bits per heavy atom. The first-order valence-electron chi connectivity index (χ1n) is 6.98. The molecule has 0 aromatic heterocycles. The lowest BCUT2D eigenvalue weighted by atomic mass is 9.97. The molecule has 4 heteroatoms. The quantitative estimate of drug-likeness (QED) is 0.878. The van der Waals surface area contributed by atoms with Crippen molar-refractivity contribution in [3.8, 4) is 0 Å². The molecule has 0 amide bonds. The molecule has 1 aliphatic rings. The van der Waals surface area contributed by atoms with Gasteiger partial charge < -0.3 is 10.2 Å². The van der Waals surface area contributed by atoms with Gasteiger partial charge in [-0.25, -0.2) is 0 Å². The van der Waals surface area contributed by atoms with Crippen LogP contribution in [0.1, 0.15) is 27.2 Å². The van der Waals surface area contributed by atoms with E-state index in [4.69, 9.17) is 11.6 Å². The van der Waals surface area contributed by atoms with Crippen molar-refractivity contribution in [2.24, 2.45) is 5.92 Å². The summed E-state index contributed by atoms with van der Waals surface area (Å²) in [6.07, 6.45) is 1.15. The van der Waals surface area contributed by atoms with Crippen LogP contribution in [0.5, 0.6) is 0 Å². The Kier molecular flexibility index (Phi) is 5.15. The standard InChI is InChI=1S/C15H22BrClN2/c1-4-11-9-19(14(8-18-11)10(2)3)13-7-5-6-12(17)15(13)16/h5-7,10-11,14,18H,4,8-9H2,1-3H3. The van der Waals surface area contributed by atoms with Gasteiger partial charge in [0.1, 0.15) is 0 Å². The molecule has 1 N–H and O–H groups in total. The second-order valence-corrected chi connectivity index (χ2v) is 6.75. The van der Waals surface area contributed by atoms with Crippen LogP contribution in [0.25, 0.3) is 0 Å². The van der Waals surface area contributed by atoms with Crippen molar-refractivity contribution in [2.45, 2.75) is 39.3 Å². The van der Waals surface area contributed by atoms with Crippen molar-refractivity contribution in [1.82, 2.24) is 5.32 Å². The molecular weight excluding hydrogens is 324 g/mol. The topological polar surface area (TPSA) is 15.3 Å². The number of nitrogens with zero attached hydrogens (tertiary/aromatic N) is 1. The van der Waals surface area contributed by atoms with Gasteiger partial charge in [0, 0.05) is 25.2 Å². The summed E-state index contributed by atoms with van der Waals surface area (Å²) in [6, 6.07) is 7.18. The summed E-state index contributed by atoms with van der Waals surface area (Å²) in [4.78, 5) is 2.51. The van der Waals surface area contributed by atoms with E-state index >= 15 is 0 Å². The molecule has 1 fully saturated rings. The third-order valence-corrected chi connectivity index (χ3v) is 5.31. The molecule has 0 bridgehead atoms. The van der Waals surface area contributed by atoms with E-state index < -0.39 is 0 Å². The zero-order valence-corrected chi connectivity index (χ0v) is 14.1. The highest BCUT2D eigenvalue weighted by Gasteiger charge is 2.30. The Hall–Kier alpha value is -0.250. The monoisotopic (exact) mass is 344 g/mol. The number of rotatable bonds is 3. The highest BCUT2D eigenvalue weighted by atomic mass is 79.9. The molecule has 0 spiro atoms. The summed E-state index contributed by atoms with van der Waals surface area (Å²) in [5.41, 5.74) is 1.21. The van der Waals surface area contributed by atoms with E-state index in [9.17, 15) is 0 Å². The number of hydrogen-bond donors (Lipinski definition) is 1. The van der Waals surface area contributed by atoms with Crippen LogP contribution in [0, 0.1) is 5.92 Å². The van der Waals surface area contributed by atoms with E-state index in [1.165, 1.54) is 5.69 Å². The lowest BCUT2D eigenvalue weighted by molar-refractivity contribution is 0.333. The summed E-state index contributed by atoms with van der Waals surface area (Å²) >= 11 is 9.88. The van der Waals surface area contributed by atoms with Gasteiger partial charge in [-0.1, -0.05) is 38.4 Å². The molecule has 106 valence electrons. The van der Waals surface area contributed by atoms with Crippen LogP contribution in [0.3, 0.4) is 0 Å². The lowest BCUT2D eigenvalue weighted by Crippen LogP contribution is -2.58. The SMILES string of the molecule is CCC1CN(c2cccc(Cl)c2Br)C(C(C)C)CN1. The minimum absolute atomic E-state index is 0.512. The largest absolute Gasteiger partial charge is 0.364 e. The summed E-state index contributed by atoms with van der Waals surface area (Å²) in [5.74, 6) is 0.608. The number of benzene rings is 1. The molecule has 1 heterocycles. The van der Waals surface area contributed by atoms with Gasteiger partial charge in [0.25, 0.3) is 0 Å². The van der Waals surface area contributed by atoms with Gasteiger partial charge in [0.2, 0.25) is 0 Å². The Labute approximate surface area is 129 Å². The molecular formula is C15H22BrClN2. The molecule has 1 aromatic carbocycles. The Morgan fingerprint density at radius 2 is 2.21 bits per heavy atom. The van der Waals surface area contributed by atoms with E-state index in [1.54, 1.807) is 0 Å². The van der Waals surface area contributed by atoms with E-state index in [2.05, 4.69) is 53.0 Å².